The van der Waals surface area contributed by atoms with Gasteiger partial charge in [0.15, 0.2) is 0 Å². The minimum atomic E-state index is -4.08. The van der Waals surface area contributed by atoms with E-state index >= 15 is 0 Å². The molecule has 190 valence electrons. The van der Waals surface area contributed by atoms with E-state index in [1.165, 1.54) is 0 Å². The van der Waals surface area contributed by atoms with Crippen LogP contribution in [0.4, 0.5) is 0 Å². The standard InChI is InChI=1S/C21H33NO10S.Na.H/c23-20(22-8-17-33(25,26)27)6-9-28-11-13-30-15-16-31-14-12-29-10-7-21(24)32-18-19-4-2-1-3-5-19;;/h1-5H,6-18H2,(H,22,23)(H,25,26,27);;/q;+1;-1. The van der Waals surface area contributed by atoms with E-state index in [1.54, 1.807) is 0 Å². The Bertz CT molecular complexity index is 771. The summed E-state index contributed by atoms with van der Waals surface area (Å²) >= 11 is 0. The molecule has 1 aromatic carbocycles. The van der Waals surface area contributed by atoms with Crippen molar-refractivity contribution in [3.05, 3.63) is 35.9 Å². The largest absolute Gasteiger partial charge is 1.00 e. The summed E-state index contributed by atoms with van der Waals surface area (Å²) in [5, 5.41) is 2.36. The van der Waals surface area contributed by atoms with Crippen LogP contribution < -0.4 is 34.9 Å². The van der Waals surface area contributed by atoms with Crippen LogP contribution >= 0.6 is 0 Å². The molecule has 34 heavy (non-hydrogen) atoms. The molecule has 2 N–H and O–H groups in total. The summed E-state index contributed by atoms with van der Waals surface area (Å²) in [5.41, 5.74) is 0.938. The number of amides is 1. The number of hydrogen-bond donors (Lipinski definition) is 2. The van der Waals surface area contributed by atoms with Gasteiger partial charge in [-0.3, -0.25) is 14.1 Å². The van der Waals surface area contributed by atoms with Gasteiger partial charge in [-0.05, 0) is 5.56 Å². The van der Waals surface area contributed by atoms with Gasteiger partial charge in [0.2, 0.25) is 5.91 Å². The molecule has 0 spiro atoms. The van der Waals surface area contributed by atoms with Gasteiger partial charge in [0.1, 0.15) is 6.61 Å². The Labute approximate surface area is 224 Å². The Morgan fingerprint density at radius 2 is 1.32 bits per heavy atom. The number of hydrogen-bond acceptors (Lipinski definition) is 9. The van der Waals surface area contributed by atoms with E-state index in [2.05, 4.69) is 5.32 Å². The van der Waals surface area contributed by atoms with Crippen molar-refractivity contribution < 1.29 is 77.2 Å². The maximum atomic E-state index is 11.6. The molecule has 0 aliphatic rings. The van der Waals surface area contributed by atoms with E-state index in [0.29, 0.717) is 39.6 Å². The maximum Gasteiger partial charge on any atom is 1.00 e. The SMILES string of the molecule is O=C(CCOCCOCCOCCOCCC(=O)OCc1ccccc1)NCCS(=O)(=O)O.[H-].[Na+]. The Morgan fingerprint density at radius 1 is 0.824 bits per heavy atom. The Balaban J connectivity index is 0. The van der Waals surface area contributed by atoms with Gasteiger partial charge in [-0.25, -0.2) is 0 Å². The predicted molar refractivity (Wildman–Crippen MR) is 119 cm³/mol. The van der Waals surface area contributed by atoms with Crippen LogP contribution in [0, 0.1) is 0 Å². The quantitative estimate of drug-likeness (QED) is 0.0841. The van der Waals surface area contributed by atoms with Crippen molar-refractivity contribution in [1.82, 2.24) is 5.32 Å². The number of ether oxygens (including phenoxy) is 5. The van der Waals surface area contributed by atoms with E-state index in [-0.39, 0.29) is 82.1 Å². The van der Waals surface area contributed by atoms with Crippen LogP contribution in [0.2, 0.25) is 0 Å². The van der Waals surface area contributed by atoms with Crippen LogP contribution in [-0.2, 0) is 50.0 Å². The molecule has 0 atom stereocenters. The first kappa shape index (κ1) is 32.9. The van der Waals surface area contributed by atoms with E-state index in [1.807, 2.05) is 30.3 Å². The number of rotatable bonds is 20. The Morgan fingerprint density at radius 3 is 1.85 bits per heavy atom. The molecule has 11 nitrogen and oxygen atoms in total. The molecule has 0 unspecified atom stereocenters. The van der Waals surface area contributed by atoms with Gasteiger partial charge in [-0.2, -0.15) is 8.42 Å². The zero-order valence-corrected chi connectivity index (χ0v) is 22.4. The second-order valence-corrected chi connectivity index (χ2v) is 8.30. The van der Waals surface area contributed by atoms with Gasteiger partial charge in [-0.15, -0.1) is 0 Å². The molecule has 0 heterocycles. The van der Waals surface area contributed by atoms with Crippen molar-refractivity contribution in [3.8, 4) is 0 Å². The zero-order chi connectivity index (χ0) is 24.2. The molecule has 0 aromatic heterocycles. The van der Waals surface area contributed by atoms with Crippen LogP contribution in [0.15, 0.2) is 30.3 Å². The fourth-order valence-corrected chi connectivity index (χ4v) is 2.66. The van der Waals surface area contributed by atoms with Gasteiger partial charge in [0.05, 0.1) is 65.0 Å². The molecule has 0 aliphatic heterocycles. The third kappa shape index (κ3) is 21.4. The third-order valence-corrected chi connectivity index (χ3v) is 4.68. The molecule has 0 fully saturated rings. The molecule has 0 bridgehead atoms. The predicted octanol–water partition coefficient (Wildman–Crippen LogP) is -2.30. The first-order valence-corrected chi connectivity index (χ1v) is 12.2. The molecule has 0 radical (unpaired) electrons. The number of nitrogens with one attached hydrogen (secondary N) is 1. The molecule has 1 amide bonds. The summed E-state index contributed by atoms with van der Waals surface area (Å²) in [5.74, 6) is -1.20. The average Bonchev–Trinajstić information content (AvgIpc) is 2.77. The van der Waals surface area contributed by atoms with Gasteiger partial charge >= 0.3 is 35.5 Å². The molecule has 1 aromatic rings. The summed E-state index contributed by atoms with van der Waals surface area (Å²) in [6.07, 6.45) is 0.265. The van der Waals surface area contributed by atoms with Gasteiger partial charge in [-0.1, -0.05) is 30.3 Å². The molecular weight excluding hydrogens is 481 g/mol. The average molecular weight is 516 g/mol. The number of carbonyl (C=O) groups is 2. The van der Waals surface area contributed by atoms with Crippen molar-refractivity contribution in [1.29, 1.82) is 0 Å². The molecule has 0 saturated heterocycles. The number of benzene rings is 1. The van der Waals surface area contributed by atoms with Crippen molar-refractivity contribution >= 4 is 22.0 Å². The van der Waals surface area contributed by atoms with E-state index in [4.69, 9.17) is 28.2 Å². The van der Waals surface area contributed by atoms with Gasteiger partial charge < -0.3 is 30.4 Å². The second kappa shape index (κ2) is 21.2. The minimum Gasteiger partial charge on any atom is -1.00 e. The summed E-state index contributed by atoms with van der Waals surface area (Å²) < 4.78 is 55.9. The van der Waals surface area contributed by atoms with Crippen molar-refractivity contribution in [2.45, 2.75) is 19.4 Å². The Hall–Kier alpha value is -1.09. The van der Waals surface area contributed by atoms with Crippen molar-refractivity contribution in [2.24, 2.45) is 0 Å². The smallest absolute Gasteiger partial charge is 1.00 e. The van der Waals surface area contributed by atoms with E-state index in [0.717, 1.165) is 5.56 Å². The minimum absolute atomic E-state index is 0. The monoisotopic (exact) mass is 515 g/mol. The van der Waals surface area contributed by atoms with Crippen molar-refractivity contribution in [2.75, 3.05) is 65.2 Å². The molecule has 0 aliphatic carbocycles. The van der Waals surface area contributed by atoms with Crippen molar-refractivity contribution in [3.63, 3.8) is 0 Å². The molecule has 1 rings (SSSR count). The van der Waals surface area contributed by atoms with E-state index < -0.39 is 15.9 Å². The van der Waals surface area contributed by atoms with Crippen LogP contribution in [0.3, 0.4) is 0 Å². The molecule has 0 saturated carbocycles. The molecular formula is C21H34NNaO10S. The molecule has 13 heteroatoms. The van der Waals surface area contributed by atoms with Gasteiger partial charge in [0.25, 0.3) is 10.1 Å². The Kier molecular flexibility index (Phi) is 20.5. The number of carbonyl (C=O) groups excluding carboxylic acids is 2. The van der Waals surface area contributed by atoms with Crippen LogP contribution in [0.25, 0.3) is 0 Å². The third-order valence-electron chi connectivity index (χ3n) is 3.96. The zero-order valence-electron chi connectivity index (χ0n) is 20.6. The summed E-state index contributed by atoms with van der Waals surface area (Å²) in [6, 6.07) is 9.45. The fraction of sp³-hybridized carbons (Fsp3) is 0.619. The number of esters is 1. The first-order valence-electron chi connectivity index (χ1n) is 10.6. The fourth-order valence-electron chi connectivity index (χ4n) is 2.30. The van der Waals surface area contributed by atoms with E-state index in [9.17, 15) is 18.0 Å². The second-order valence-electron chi connectivity index (χ2n) is 6.73. The topological polar surface area (TPSA) is 147 Å². The summed E-state index contributed by atoms with van der Waals surface area (Å²) in [7, 11) is -4.08. The van der Waals surface area contributed by atoms with Crippen LogP contribution in [-0.4, -0.2) is 90.0 Å². The summed E-state index contributed by atoms with van der Waals surface area (Å²) in [4.78, 5) is 23.0. The van der Waals surface area contributed by atoms with Crippen LogP contribution in [0.5, 0.6) is 0 Å². The maximum absolute atomic E-state index is 11.6. The normalized spacial score (nSPS) is 11.0. The van der Waals surface area contributed by atoms with Gasteiger partial charge in [0, 0.05) is 13.0 Å². The summed E-state index contributed by atoms with van der Waals surface area (Å²) in [6.45, 7) is 2.71. The first-order chi connectivity index (χ1) is 15.9. The van der Waals surface area contributed by atoms with Crippen LogP contribution in [0.1, 0.15) is 19.8 Å².